The predicted octanol–water partition coefficient (Wildman–Crippen LogP) is 2.54. The van der Waals surface area contributed by atoms with E-state index in [0.717, 1.165) is 11.7 Å². The van der Waals surface area contributed by atoms with Crippen LogP contribution in [0.15, 0.2) is 0 Å². The second-order valence-corrected chi connectivity index (χ2v) is 4.73. The summed E-state index contributed by atoms with van der Waals surface area (Å²) in [7, 11) is 3.90. The molecular formula is C5H5IS2. The van der Waals surface area contributed by atoms with E-state index < -0.39 is 0 Å². The summed E-state index contributed by atoms with van der Waals surface area (Å²) >= 11 is 2.08. The Morgan fingerprint density at radius 2 is 2.50 bits per heavy atom. The third-order valence-corrected chi connectivity index (χ3v) is 4.36. The molecule has 0 radical (unpaired) electrons. The van der Waals surface area contributed by atoms with Crippen molar-refractivity contribution in [3.05, 3.63) is 0 Å². The topological polar surface area (TPSA) is 0 Å². The third kappa shape index (κ3) is 2.08. The molecule has 0 bridgehead atoms. The Hall–Kier alpha value is 0.990. The van der Waals surface area contributed by atoms with Crippen LogP contribution in [0.25, 0.3) is 0 Å². The van der Waals surface area contributed by atoms with Gasteiger partial charge in [0.15, 0.2) is 0 Å². The number of rotatable bonds is 1. The standard InChI is InChI=1S/C5H5IS2/c6-3-1-2-5-4-7-8-5/h5H,2,4H2. The molecule has 1 heterocycles. The number of halogens is 1. The highest BCUT2D eigenvalue weighted by atomic mass is 127. The number of hydrogen-bond acceptors (Lipinski definition) is 2. The molecule has 1 fully saturated rings. The maximum absolute atomic E-state index is 3.05. The second-order valence-electron chi connectivity index (χ2n) is 1.48. The summed E-state index contributed by atoms with van der Waals surface area (Å²) in [5.74, 6) is 4.35. The van der Waals surface area contributed by atoms with Gasteiger partial charge in [0.1, 0.15) is 0 Å². The van der Waals surface area contributed by atoms with Gasteiger partial charge in [-0.2, -0.15) is 0 Å². The SMILES string of the molecule is IC#CCC1CSS1. The molecule has 0 saturated carbocycles. The van der Waals surface area contributed by atoms with Gasteiger partial charge in [-0.15, -0.1) is 0 Å². The third-order valence-electron chi connectivity index (χ3n) is 0.855. The molecule has 0 N–H and O–H groups in total. The van der Waals surface area contributed by atoms with Gasteiger partial charge < -0.3 is 0 Å². The summed E-state index contributed by atoms with van der Waals surface area (Å²) < 4.78 is 2.86. The van der Waals surface area contributed by atoms with E-state index >= 15 is 0 Å². The first kappa shape index (κ1) is 7.10. The minimum absolute atomic E-state index is 0.835. The molecule has 0 aromatic rings. The highest BCUT2D eigenvalue weighted by Gasteiger charge is 2.17. The molecule has 1 aliphatic rings. The summed E-state index contributed by atoms with van der Waals surface area (Å²) in [5, 5.41) is 0.835. The lowest BCUT2D eigenvalue weighted by Crippen LogP contribution is -2.10. The molecule has 1 aliphatic heterocycles. The van der Waals surface area contributed by atoms with E-state index in [1.165, 1.54) is 5.75 Å². The van der Waals surface area contributed by atoms with Crippen molar-refractivity contribution in [2.75, 3.05) is 5.75 Å². The van der Waals surface area contributed by atoms with Gasteiger partial charge in [0.05, 0.1) is 0 Å². The Morgan fingerprint density at radius 3 is 2.88 bits per heavy atom. The van der Waals surface area contributed by atoms with E-state index in [2.05, 4.69) is 32.4 Å². The lowest BCUT2D eigenvalue weighted by atomic mass is 10.3. The molecule has 0 nitrogen and oxygen atoms in total. The molecule has 1 saturated heterocycles. The Morgan fingerprint density at radius 1 is 1.75 bits per heavy atom. The van der Waals surface area contributed by atoms with Crippen molar-refractivity contribution in [3.8, 4) is 9.85 Å². The summed E-state index contributed by atoms with van der Waals surface area (Å²) in [6, 6.07) is 0. The maximum atomic E-state index is 3.05. The minimum atomic E-state index is 0.835. The summed E-state index contributed by atoms with van der Waals surface area (Å²) in [6.45, 7) is 0. The van der Waals surface area contributed by atoms with Crippen molar-refractivity contribution in [1.82, 2.24) is 0 Å². The van der Waals surface area contributed by atoms with Gasteiger partial charge in [-0.05, 0) is 3.93 Å². The van der Waals surface area contributed by atoms with Crippen LogP contribution in [0.4, 0.5) is 0 Å². The van der Waals surface area contributed by atoms with Crippen LogP contribution in [0.5, 0.6) is 0 Å². The molecule has 1 unspecified atom stereocenters. The van der Waals surface area contributed by atoms with Gasteiger partial charge in [0.25, 0.3) is 0 Å². The van der Waals surface area contributed by atoms with Crippen LogP contribution in [0.3, 0.4) is 0 Å². The fraction of sp³-hybridized carbons (Fsp3) is 0.600. The van der Waals surface area contributed by atoms with Crippen molar-refractivity contribution < 1.29 is 0 Å². The van der Waals surface area contributed by atoms with Crippen molar-refractivity contribution in [3.63, 3.8) is 0 Å². The number of hydrogen-bond donors (Lipinski definition) is 0. The first-order chi connectivity index (χ1) is 3.93. The Balaban J connectivity index is 2.07. The second kappa shape index (κ2) is 3.91. The summed E-state index contributed by atoms with van der Waals surface area (Å²) in [6.07, 6.45) is 1.08. The van der Waals surface area contributed by atoms with Crippen LogP contribution in [-0.4, -0.2) is 11.0 Å². The van der Waals surface area contributed by atoms with Gasteiger partial charge in [-0.1, -0.05) is 27.5 Å². The van der Waals surface area contributed by atoms with Gasteiger partial charge in [0, 0.05) is 40.0 Å². The van der Waals surface area contributed by atoms with Crippen molar-refractivity contribution in [2.45, 2.75) is 11.7 Å². The highest BCUT2D eigenvalue weighted by Crippen LogP contribution is 2.41. The summed E-state index contributed by atoms with van der Waals surface area (Å²) in [4.78, 5) is 0. The molecule has 0 spiro atoms. The molecule has 1 atom stereocenters. The fourth-order valence-electron chi connectivity index (χ4n) is 0.410. The lowest BCUT2D eigenvalue weighted by Gasteiger charge is -2.20. The predicted molar refractivity (Wildman–Crippen MR) is 50.3 cm³/mol. The van der Waals surface area contributed by atoms with E-state index in [1.54, 1.807) is 0 Å². The van der Waals surface area contributed by atoms with Gasteiger partial charge in [-0.3, -0.25) is 0 Å². The normalized spacial score (nSPS) is 25.4. The van der Waals surface area contributed by atoms with Gasteiger partial charge in [0.2, 0.25) is 0 Å². The largest absolute Gasteiger partial charge is 0.0926 e. The molecular weight excluding hydrogens is 251 g/mol. The van der Waals surface area contributed by atoms with E-state index in [0.29, 0.717) is 0 Å². The molecule has 1 rings (SSSR count). The van der Waals surface area contributed by atoms with Gasteiger partial charge in [-0.25, -0.2) is 0 Å². The highest BCUT2D eigenvalue weighted by molar-refractivity contribution is 14.1. The van der Waals surface area contributed by atoms with Crippen LogP contribution >= 0.6 is 44.2 Å². The maximum Gasteiger partial charge on any atom is 0.0360 e. The molecule has 3 heteroatoms. The molecule has 0 amide bonds. The Labute approximate surface area is 71.1 Å². The molecule has 0 aromatic carbocycles. The van der Waals surface area contributed by atoms with Crippen LogP contribution in [0.1, 0.15) is 6.42 Å². The monoisotopic (exact) mass is 256 g/mol. The molecule has 44 valence electrons. The fourth-order valence-corrected chi connectivity index (χ4v) is 2.42. The Kier molecular flexibility index (Phi) is 3.47. The average molecular weight is 256 g/mol. The van der Waals surface area contributed by atoms with Crippen molar-refractivity contribution >= 4 is 44.2 Å². The zero-order valence-corrected chi connectivity index (χ0v) is 7.98. The lowest BCUT2D eigenvalue weighted by molar-refractivity contribution is 1.02. The van der Waals surface area contributed by atoms with E-state index in [9.17, 15) is 0 Å². The Bertz CT molecular complexity index is 120. The van der Waals surface area contributed by atoms with E-state index in [1.807, 2.05) is 21.6 Å². The van der Waals surface area contributed by atoms with Crippen LogP contribution in [-0.2, 0) is 0 Å². The smallest absolute Gasteiger partial charge is 0.0360 e. The van der Waals surface area contributed by atoms with Crippen molar-refractivity contribution in [2.24, 2.45) is 0 Å². The zero-order valence-electron chi connectivity index (χ0n) is 4.19. The van der Waals surface area contributed by atoms with Crippen molar-refractivity contribution in [1.29, 1.82) is 0 Å². The first-order valence-corrected chi connectivity index (χ1v) is 5.76. The van der Waals surface area contributed by atoms with E-state index in [-0.39, 0.29) is 0 Å². The molecule has 0 aromatic heterocycles. The van der Waals surface area contributed by atoms with Crippen LogP contribution in [0, 0.1) is 9.85 Å². The van der Waals surface area contributed by atoms with Gasteiger partial charge >= 0.3 is 0 Å². The first-order valence-electron chi connectivity index (χ1n) is 2.30. The van der Waals surface area contributed by atoms with Crippen LogP contribution < -0.4 is 0 Å². The zero-order chi connectivity index (χ0) is 5.82. The molecule has 0 aliphatic carbocycles. The molecule has 8 heavy (non-hydrogen) atoms. The summed E-state index contributed by atoms with van der Waals surface area (Å²) in [5.41, 5.74) is 0. The average Bonchev–Trinajstić information content (AvgIpc) is 1.63. The minimum Gasteiger partial charge on any atom is -0.0926 e. The van der Waals surface area contributed by atoms with E-state index in [4.69, 9.17) is 0 Å². The van der Waals surface area contributed by atoms with Crippen LogP contribution in [0.2, 0.25) is 0 Å². The quantitative estimate of drug-likeness (QED) is 0.401.